The molecule has 1 atom stereocenters. The van der Waals surface area contributed by atoms with Crippen LogP contribution in [0.3, 0.4) is 0 Å². The zero-order valence-corrected chi connectivity index (χ0v) is 10.8. The van der Waals surface area contributed by atoms with Crippen molar-refractivity contribution < 1.29 is 5.11 Å². The molecule has 0 saturated heterocycles. The van der Waals surface area contributed by atoms with Crippen molar-refractivity contribution in [1.82, 2.24) is 19.7 Å². The molecule has 0 aromatic carbocycles. The number of aliphatic hydroxyl groups excluding tert-OH is 1. The van der Waals surface area contributed by atoms with Crippen molar-refractivity contribution in [3.63, 3.8) is 0 Å². The van der Waals surface area contributed by atoms with Crippen molar-refractivity contribution in [1.29, 1.82) is 0 Å². The van der Waals surface area contributed by atoms with E-state index in [1.165, 1.54) is 11.3 Å². The van der Waals surface area contributed by atoms with Gasteiger partial charge in [0.15, 0.2) is 0 Å². The van der Waals surface area contributed by atoms with Crippen LogP contribution < -0.4 is 0 Å². The van der Waals surface area contributed by atoms with Crippen LogP contribution in [0, 0.1) is 0 Å². The van der Waals surface area contributed by atoms with Crippen LogP contribution in [0.2, 0.25) is 0 Å². The van der Waals surface area contributed by atoms with Gasteiger partial charge in [-0.3, -0.25) is 14.6 Å². The third kappa shape index (κ3) is 2.67. The van der Waals surface area contributed by atoms with Crippen molar-refractivity contribution in [3.8, 4) is 0 Å². The molecule has 1 aliphatic rings. The molecule has 1 aliphatic heterocycles. The number of fused-ring (bicyclic) bond motifs is 1. The average molecular weight is 258 g/mol. The molecule has 1 N–H and O–H groups in total. The van der Waals surface area contributed by atoms with Crippen molar-refractivity contribution in [2.24, 2.45) is 0 Å². The molecular formula is C14H18N4O. The highest BCUT2D eigenvalue weighted by Gasteiger charge is 2.23. The van der Waals surface area contributed by atoms with E-state index in [1.807, 2.05) is 35.4 Å². The van der Waals surface area contributed by atoms with E-state index < -0.39 is 0 Å². The lowest BCUT2D eigenvalue weighted by molar-refractivity contribution is 0.108. The van der Waals surface area contributed by atoms with E-state index in [1.54, 1.807) is 0 Å². The van der Waals surface area contributed by atoms with Crippen molar-refractivity contribution >= 4 is 0 Å². The van der Waals surface area contributed by atoms with Crippen LogP contribution in [0.5, 0.6) is 0 Å². The second-order valence-corrected chi connectivity index (χ2v) is 4.93. The Morgan fingerprint density at radius 3 is 2.84 bits per heavy atom. The molecule has 0 radical (unpaired) electrons. The Labute approximate surface area is 112 Å². The lowest BCUT2D eigenvalue weighted by atomic mass is 10.1. The number of aliphatic hydroxyl groups is 1. The zero-order chi connectivity index (χ0) is 13.1. The predicted octanol–water partition coefficient (Wildman–Crippen LogP) is 1.04. The fourth-order valence-corrected chi connectivity index (χ4v) is 2.60. The number of aryl methyl sites for hydroxylation is 1. The number of aromatic nitrogens is 3. The number of rotatable bonds is 3. The number of nitrogens with zero attached hydrogens (tertiary/aromatic N) is 4. The Kier molecular flexibility index (Phi) is 3.57. The summed E-state index contributed by atoms with van der Waals surface area (Å²) in [6, 6.07) is 6.29. The molecule has 0 aliphatic carbocycles. The summed E-state index contributed by atoms with van der Waals surface area (Å²) in [6.45, 7) is 2.72. The second-order valence-electron chi connectivity index (χ2n) is 4.93. The molecule has 3 heterocycles. The SMILES string of the molecule is OCC1CCn2nccc2CN1Cc1ccncc1. The Balaban J connectivity index is 1.81. The first-order chi connectivity index (χ1) is 9.36. The quantitative estimate of drug-likeness (QED) is 0.894. The van der Waals surface area contributed by atoms with E-state index in [9.17, 15) is 5.11 Å². The summed E-state index contributed by atoms with van der Waals surface area (Å²) in [5, 5.41) is 13.9. The van der Waals surface area contributed by atoms with E-state index in [-0.39, 0.29) is 12.6 Å². The maximum absolute atomic E-state index is 9.60. The summed E-state index contributed by atoms with van der Waals surface area (Å²) >= 11 is 0. The molecule has 0 saturated carbocycles. The van der Waals surface area contributed by atoms with Crippen LogP contribution in [-0.4, -0.2) is 37.4 Å². The van der Waals surface area contributed by atoms with Crippen LogP contribution >= 0.6 is 0 Å². The molecule has 2 aromatic rings. The van der Waals surface area contributed by atoms with Gasteiger partial charge in [0.1, 0.15) is 0 Å². The van der Waals surface area contributed by atoms with Crippen molar-refractivity contribution in [2.75, 3.05) is 6.61 Å². The van der Waals surface area contributed by atoms with Crippen LogP contribution in [0.1, 0.15) is 17.7 Å². The second kappa shape index (κ2) is 5.50. The number of hydrogen-bond acceptors (Lipinski definition) is 4. The molecule has 0 spiro atoms. The molecule has 5 nitrogen and oxygen atoms in total. The van der Waals surface area contributed by atoms with Gasteiger partial charge in [-0.1, -0.05) is 0 Å². The normalized spacial score (nSPS) is 19.9. The summed E-state index contributed by atoms with van der Waals surface area (Å²) in [5.74, 6) is 0. The first-order valence-corrected chi connectivity index (χ1v) is 6.61. The molecule has 0 bridgehead atoms. The molecular weight excluding hydrogens is 240 g/mol. The lowest BCUT2D eigenvalue weighted by Gasteiger charge is -2.27. The summed E-state index contributed by atoms with van der Waals surface area (Å²) < 4.78 is 2.04. The maximum atomic E-state index is 9.60. The maximum Gasteiger partial charge on any atom is 0.0587 e. The third-order valence-corrected chi connectivity index (χ3v) is 3.71. The first-order valence-electron chi connectivity index (χ1n) is 6.61. The highest BCUT2D eigenvalue weighted by molar-refractivity contribution is 5.11. The van der Waals surface area contributed by atoms with Gasteiger partial charge < -0.3 is 5.11 Å². The van der Waals surface area contributed by atoms with E-state index in [0.29, 0.717) is 0 Å². The Morgan fingerprint density at radius 2 is 2.05 bits per heavy atom. The minimum atomic E-state index is 0.190. The molecule has 19 heavy (non-hydrogen) atoms. The summed E-state index contributed by atoms with van der Waals surface area (Å²) in [5.41, 5.74) is 2.44. The smallest absolute Gasteiger partial charge is 0.0587 e. The van der Waals surface area contributed by atoms with Gasteiger partial charge in [-0.05, 0) is 30.2 Å². The van der Waals surface area contributed by atoms with Crippen LogP contribution in [0.4, 0.5) is 0 Å². The summed E-state index contributed by atoms with van der Waals surface area (Å²) in [6.07, 6.45) is 6.40. The third-order valence-electron chi connectivity index (χ3n) is 3.71. The molecule has 3 rings (SSSR count). The van der Waals surface area contributed by atoms with Gasteiger partial charge in [-0.15, -0.1) is 0 Å². The number of hydrogen-bond donors (Lipinski definition) is 1. The molecule has 100 valence electrons. The average Bonchev–Trinajstić information content (AvgIpc) is 2.81. The Morgan fingerprint density at radius 1 is 1.21 bits per heavy atom. The summed E-state index contributed by atoms with van der Waals surface area (Å²) in [4.78, 5) is 6.36. The highest BCUT2D eigenvalue weighted by Crippen LogP contribution is 2.19. The monoisotopic (exact) mass is 258 g/mol. The molecule has 2 aromatic heterocycles. The van der Waals surface area contributed by atoms with Gasteiger partial charge >= 0.3 is 0 Å². The topological polar surface area (TPSA) is 54.2 Å². The number of pyridine rings is 1. The van der Waals surface area contributed by atoms with Gasteiger partial charge in [0.05, 0.1) is 12.3 Å². The minimum Gasteiger partial charge on any atom is -0.395 e. The molecule has 0 fully saturated rings. The van der Waals surface area contributed by atoms with Gasteiger partial charge in [0, 0.05) is 44.3 Å². The van der Waals surface area contributed by atoms with Crippen molar-refractivity contribution in [2.45, 2.75) is 32.1 Å². The molecule has 1 unspecified atom stereocenters. The standard InChI is InChI=1S/C14H18N4O/c19-11-14-4-8-18-13(3-7-16-18)10-17(14)9-12-1-5-15-6-2-12/h1-3,5-7,14,19H,4,8-11H2. The first kappa shape index (κ1) is 12.3. The van der Waals surface area contributed by atoms with E-state index in [4.69, 9.17) is 0 Å². The van der Waals surface area contributed by atoms with E-state index >= 15 is 0 Å². The summed E-state index contributed by atoms with van der Waals surface area (Å²) in [7, 11) is 0. The van der Waals surface area contributed by atoms with E-state index in [0.717, 1.165) is 26.1 Å². The Hall–Kier alpha value is -1.72. The highest BCUT2D eigenvalue weighted by atomic mass is 16.3. The zero-order valence-electron chi connectivity index (χ0n) is 10.8. The van der Waals surface area contributed by atoms with Gasteiger partial charge in [-0.2, -0.15) is 5.10 Å². The van der Waals surface area contributed by atoms with Gasteiger partial charge in [0.25, 0.3) is 0 Å². The Bertz CT molecular complexity index is 525. The lowest BCUT2D eigenvalue weighted by Crippen LogP contribution is -2.36. The van der Waals surface area contributed by atoms with Gasteiger partial charge in [-0.25, -0.2) is 0 Å². The largest absolute Gasteiger partial charge is 0.395 e. The van der Waals surface area contributed by atoms with Crippen LogP contribution in [0.15, 0.2) is 36.8 Å². The van der Waals surface area contributed by atoms with Crippen LogP contribution in [-0.2, 0) is 19.6 Å². The van der Waals surface area contributed by atoms with Gasteiger partial charge in [0.2, 0.25) is 0 Å². The molecule has 0 amide bonds. The fraction of sp³-hybridized carbons (Fsp3) is 0.429. The molecule has 5 heteroatoms. The van der Waals surface area contributed by atoms with E-state index in [2.05, 4.69) is 21.0 Å². The fourth-order valence-electron chi connectivity index (χ4n) is 2.60. The predicted molar refractivity (Wildman–Crippen MR) is 71.2 cm³/mol. The minimum absolute atomic E-state index is 0.190. The van der Waals surface area contributed by atoms with Crippen LogP contribution in [0.25, 0.3) is 0 Å². The van der Waals surface area contributed by atoms with Crippen molar-refractivity contribution in [3.05, 3.63) is 48.0 Å².